The second-order valence-corrected chi connectivity index (χ2v) is 9.86. The molecule has 1 atom stereocenters. The Hall–Kier alpha value is -4.31. The molecule has 0 bridgehead atoms. The number of aromatic nitrogens is 7. The Kier molecular flexibility index (Phi) is 5.60. The number of nitrogens with zero attached hydrogens (tertiary/aromatic N) is 9. The number of hydrogen-bond donors (Lipinski definition) is 1. The van der Waals surface area contributed by atoms with Gasteiger partial charge in [-0.25, -0.2) is 19.5 Å². The molecule has 0 aliphatic carbocycles. The van der Waals surface area contributed by atoms with E-state index in [9.17, 15) is 0 Å². The first-order chi connectivity index (χ1) is 17.9. The number of hydrogen-bond acceptors (Lipinski definition) is 8. The van der Waals surface area contributed by atoms with Crippen molar-refractivity contribution >= 4 is 17.3 Å². The van der Waals surface area contributed by atoms with Crippen LogP contribution in [-0.2, 0) is 12.6 Å². The Morgan fingerprint density at radius 2 is 1.51 bits per heavy atom. The van der Waals surface area contributed by atoms with Crippen molar-refractivity contribution < 1.29 is 0 Å². The molecule has 1 unspecified atom stereocenters. The van der Waals surface area contributed by atoms with E-state index in [-0.39, 0.29) is 0 Å². The van der Waals surface area contributed by atoms with Crippen LogP contribution in [0.15, 0.2) is 67.6 Å². The third-order valence-corrected chi connectivity index (χ3v) is 7.17. The minimum Gasteiger partial charge on any atom is -0.351 e. The van der Waals surface area contributed by atoms with Gasteiger partial charge in [0.2, 0.25) is 5.95 Å². The predicted molar refractivity (Wildman–Crippen MR) is 143 cm³/mol. The maximum atomic E-state index is 6.69. The lowest BCUT2D eigenvalue weighted by Gasteiger charge is -2.35. The SMILES string of the molecule is Cc1ccc(C(C)(N)c2cnc(N3CCN(c4ncnn5cc(-c6cnn(C)c6)cc45)CC3)nc2)cc1. The summed E-state index contributed by atoms with van der Waals surface area (Å²) in [6, 6.07) is 10.4. The van der Waals surface area contributed by atoms with Gasteiger partial charge in [-0.2, -0.15) is 10.2 Å². The van der Waals surface area contributed by atoms with E-state index in [1.54, 1.807) is 11.0 Å². The summed E-state index contributed by atoms with van der Waals surface area (Å²) >= 11 is 0. The molecule has 188 valence electrons. The third kappa shape index (κ3) is 4.29. The summed E-state index contributed by atoms with van der Waals surface area (Å²) in [5.74, 6) is 1.65. The van der Waals surface area contributed by atoms with Gasteiger partial charge in [0.25, 0.3) is 0 Å². The molecule has 0 spiro atoms. The molecule has 4 aromatic heterocycles. The summed E-state index contributed by atoms with van der Waals surface area (Å²) in [4.78, 5) is 18.5. The number of fused-ring (bicyclic) bond motifs is 1. The van der Waals surface area contributed by atoms with Crippen LogP contribution in [0.2, 0.25) is 0 Å². The van der Waals surface area contributed by atoms with E-state index in [0.717, 1.165) is 65.7 Å². The van der Waals surface area contributed by atoms with Crippen molar-refractivity contribution in [3.63, 3.8) is 0 Å². The van der Waals surface area contributed by atoms with Crippen molar-refractivity contribution in [2.24, 2.45) is 12.8 Å². The molecule has 0 radical (unpaired) electrons. The van der Waals surface area contributed by atoms with Crippen LogP contribution in [0.4, 0.5) is 11.8 Å². The number of piperazine rings is 1. The molecule has 10 heteroatoms. The minimum atomic E-state index is -0.658. The molecule has 10 nitrogen and oxygen atoms in total. The van der Waals surface area contributed by atoms with Gasteiger partial charge in [-0.1, -0.05) is 29.8 Å². The van der Waals surface area contributed by atoms with E-state index >= 15 is 0 Å². The lowest BCUT2D eigenvalue weighted by Crippen LogP contribution is -2.47. The van der Waals surface area contributed by atoms with Gasteiger partial charge in [0.05, 0.1) is 11.7 Å². The van der Waals surface area contributed by atoms with E-state index < -0.39 is 5.54 Å². The zero-order chi connectivity index (χ0) is 25.6. The van der Waals surface area contributed by atoms with Gasteiger partial charge in [-0.15, -0.1) is 0 Å². The van der Waals surface area contributed by atoms with Crippen LogP contribution in [0.5, 0.6) is 0 Å². The monoisotopic (exact) mass is 494 g/mol. The number of rotatable bonds is 5. The number of nitrogens with two attached hydrogens (primary N) is 1. The Morgan fingerprint density at radius 1 is 0.811 bits per heavy atom. The molecule has 5 aromatic rings. The van der Waals surface area contributed by atoms with Crippen LogP contribution in [0.1, 0.15) is 23.6 Å². The normalized spacial score (nSPS) is 15.8. The lowest BCUT2D eigenvalue weighted by atomic mass is 9.87. The summed E-state index contributed by atoms with van der Waals surface area (Å²) in [6.45, 7) is 7.28. The van der Waals surface area contributed by atoms with Crippen molar-refractivity contribution in [2.45, 2.75) is 19.4 Å². The van der Waals surface area contributed by atoms with Crippen molar-refractivity contribution in [3.8, 4) is 11.1 Å². The molecule has 5 heterocycles. The smallest absolute Gasteiger partial charge is 0.225 e. The third-order valence-electron chi connectivity index (χ3n) is 7.17. The maximum absolute atomic E-state index is 6.69. The quantitative estimate of drug-likeness (QED) is 0.398. The Morgan fingerprint density at radius 3 is 2.19 bits per heavy atom. The zero-order valence-corrected chi connectivity index (χ0v) is 21.3. The van der Waals surface area contributed by atoms with Crippen LogP contribution in [0.3, 0.4) is 0 Å². The Balaban J connectivity index is 1.17. The van der Waals surface area contributed by atoms with Crippen LogP contribution in [0, 0.1) is 6.92 Å². The van der Waals surface area contributed by atoms with Crippen molar-refractivity contribution in [1.29, 1.82) is 0 Å². The summed E-state index contributed by atoms with van der Waals surface area (Å²) in [5.41, 5.74) is 12.3. The number of anilines is 2. The topological polar surface area (TPSA) is 106 Å². The van der Waals surface area contributed by atoms with Crippen LogP contribution < -0.4 is 15.5 Å². The molecule has 1 aliphatic heterocycles. The molecule has 1 aromatic carbocycles. The average molecular weight is 495 g/mol. The van der Waals surface area contributed by atoms with Crippen molar-refractivity contribution in [2.75, 3.05) is 36.0 Å². The van der Waals surface area contributed by atoms with E-state index in [0.29, 0.717) is 0 Å². The fraction of sp³-hybridized carbons (Fsp3) is 0.296. The Labute approximate surface area is 215 Å². The molecule has 0 amide bonds. The fourth-order valence-electron chi connectivity index (χ4n) is 4.83. The average Bonchev–Trinajstić information content (AvgIpc) is 3.55. The van der Waals surface area contributed by atoms with Crippen molar-refractivity contribution in [3.05, 3.63) is 84.3 Å². The zero-order valence-electron chi connectivity index (χ0n) is 21.3. The largest absolute Gasteiger partial charge is 0.351 e. The van der Waals surface area contributed by atoms with Crippen molar-refractivity contribution in [1.82, 2.24) is 34.3 Å². The summed E-state index contributed by atoms with van der Waals surface area (Å²) in [7, 11) is 1.92. The summed E-state index contributed by atoms with van der Waals surface area (Å²) in [6.07, 6.45) is 11.2. The molecule has 0 saturated carbocycles. The van der Waals surface area contributed by atoms with Crippen LogP contribution in [-0.4, -0.2) is 60.5 Å². The van der Waals surface area contributed by atoms with E-state index in [4.69, 9.17) is 5.73 Å². The van der Waals surface area contributed by atoms with Crippen LogP contribution >= 0.6 is 0 Å². The molecule has 1 saturated heterocycles. The Bertz CT molecular complexity index is 1520. The highest BCUT2D eigenvalue weighted by Crippen LogP contribution is 2.29. The highest BCUT2D eigenvalue weighted by Gasteiger charge is 2.26. The van der Waals surface area contributed by atoms with Gasteiger partial charge in [0.15, 0.2) is 5.82 Å². The van der Waals surface area contributed by atoms with Crippen LogP contribution in [0.25, 0.3) is 16.6 Å². The summed E-state index contributed by atoms with van der Waals surface area (Å²) < 4.78 is 3.69. The highest BCUT2D eigenvalue weighted by atomic mass is 15.4. The summed E-state index contributed by atoms with van der Waals surface area (Å²) in [5, 5.41) is 8.70. The van der Waals surface area contributed by atoms with Gasteiger partial charge in [-0.3, -0.25) is 4.68 Å². The molecule has 2 N–H and O–H groups in total. The first kappa shape index (κ1) is 23.1. The molecular weight excluding hydrogens is 464 g/mol. The first-order valence-electron chi connectivity index (χ1n) is 12.4. The van der Waals surface area contributed by atoms with Gasteiger partial charge in [0.1, 0.15) is 11.8 Å². The maximum Gasteiger partial charge on any atom is 0.225 e. The molecule has 1 aliphatic rings. The van der Waals surface area contributed by atoms with E-state index in [2.05, 4.69) is 72.2 Å². The molecule has 6 rings (SSSR count). The van der Waals surface area contributed by atoms with Gasteiger partial charge in [0, 0.05) is 74.7 Å². The minimum absolute atomic E-state index is 0.658. The lowest BCUT2D eigenvalue weighted by molar-refractivity contribution is 0.592. The molecule has 1 fully saturated rings. The fourth-order valence-corrected chi connectivity index (χ4v) is 4.83. The van der Waals surface area contributed by atoms with E-state index in [1.165, 1.54) is 5.56 Å². The van der Waals surface area contributed by atoms with Gasteiger partial charge in [-0.05, 0) is 25.5 Å². The standard InChI is InChI=1S/C27H30N10/c1-19-4-6-22(7-5-19)27(2,28)23-14-29-26(30-15-23)36-10-8-35(9-11-36)25-24-12-20(17-37(24)33-18-31-25)21-13-32-34(3)16-21/h4-7,12-18H,8-11,28H2,1-3H3. The van der Waals surface area contributed by atoms with Gasteiger partial charge < -0.3 is 15.5 Å². The highest BCUT2D eigenvalue weighted by molar-refractivity contribution is 5.77. The number of aryl methyl sites for hydroxylation is 2. The van der Waals surface area contributed by atoms with Gasteiger partial charge >= 0.3 is 0 Å². The second-order valence-electron chi connectivity index (χ2n) is 9.86. The van der Waals surface area contributed by atoms with E-state index in [1.807, 2.05) is 49.5 Å². The number of benzene rings is 1. The molecular formula is C27H30N10. The first-order valence-corrected chi connectivity index (χ1v) is 12.4. The second kappa shape index (κ2) is 8.97. The predicted octanol–water partition coefficient (Wildman–Crippen LogP) is 2.78. The molecule has 37 heavy (non-hydrogen) atoms.